The Morgan fingerprint density at radius 2 is 2.04 bits per heavy atom. The van der Waals surface area contributed by atoms with Gasteiger partial charge in [0.1, 0.15) is 5.69 Å². The zero-order valence-corrected chi connectivity index (χ0v) is 14.8. The Bertz CT molecular complexity index is 779. The van der Waals surface area contributed by atoms with Gasteiger partial charge in [0.15, 0.2) is 0 Å². The van der Waals surface area contributed by atoms with Crippen molar-refractivity contribution in [2.24, 2.45) is 5.92 Å². The van der Waals surface area contributed by atoms with Crippen LogP contribution in [0.1, 0.15) is 45.3 Å². The standard InChI is InChI=1S/C20H23N3O3/c1-23-11-5-8-16(18(23)14-6-3-2-4-7-14)13-22-19(24)17-12-15(20(25)26)9-10-21-17/h2-4,6-7,9-10,12,16,18H,5,8,11,13H2,1H3,(H,22,24)(H,25,26)/t16-,18-/m0/s1. The molecule has 0 saturated carbocycles. The average Bonchev–Trinajstić information content (AvgIpc) is 2.67. The molecule has 0 aliphatic carbocycles. The Morgan fingerprint density at radius 1 is 1.27 bits per heavy atom. The van der Waals surface area contributed by atoms with Gasteiger partial charge in [-0.05, 0) is 50.0 Å². The van der Waals surface area contributed by atoms with Gasteiger partial charge in [-0.25, -0.2) is 4.79 Å². The number of likely N-dealkylation sites (tertiary alicyclic amines) is 1. The number of piperidine rings is 1. The Hall–Kier alpha value is -2.73. The SMILES string of the molecule is CN1CCC[C@@H](CNC(=O)c2cc(C(=O)O)ccn2)[C@@H]1c1ccccc1. The maximum Gasteiger partial charge on any atom is 0.335 e. The van der Waals surface area contributed by atoms with Crippen LogP contribution in [0.4, 0.5) is 0 Å². The molecule has 26 heavy (non-hydrogen) atoms. The average molecular weight is 353 g/mol. The van der Waals surface area contributed by atoms with Gasteiger partial charge < -0.3 is 10.4 Å². The molecular formula is C20H23N3O3. The zero-order valence-electron chi connectivity index (χ0n) is 14.8. The third kappa shape index (κ3) is 4.08. The van der Waals surface area contributed by atoms with Crippen LogP contribution in [-0.2, 0) is 0 Å². The lowest BCUT2D eigenvalue weighted by molar-refractivity contribution is 0.0696. The summed E-state index contributed by atoms with van der Waals surface area (Å²) in [5.74, 6) is -1.12. The van der Waals surface area contributed by atoms with Crippen LogP contribution >= 0.6 is 0 Å². The number of carbonyl (C=O) groups is 2. The summed E-state index contributed by atoms with van der Waals surface area (Å²) in [5, 5.41) is 12.0. The summed E-state index contributed by atoms with van der Waals surface area (Å²) in [4.78, 5) is 29.8. The molecule has 1 aliphatic heterocycles. The molecule has 2 heterocycles. The van der Waals surface area contributed by atoms with Crippen molar-refractivity contribution in [3.63, 3.8) is 0 Å². The Balaban J connectivity index is 1.70. The number of carboxylic acids is 1. The van der Waals surface area contributed by atoms with Crippen LogP contribution < -0.4 is 5.32 Å². The minimum atomic E-state index is -1.07. The van der Waals surface area contributed by atoms with Crippen LogP contribution in [-0.4, -0.2) is 47.0 Å². The molecule has 0 radical (unpaired) electrons. The lowest BCUT2D eigenvalue weighted by Gasteiger charge is -2.39. The molecule has 3 rings (SSSR count). The van der Waals surface area contributed by atoms with Crippen molar-refractivity contribution in [1.29, 1.82) is 0 Å². The predicted molar refractivity (Wildman–Crippen MR) is 98.1 cm³/mol. The minimum absolute atomic E-state index is 0.0599. The first kappa shape index (κ1) is 18.1. The van der Waals surface area contributed by atoms with Gasteiger partial charge in [-0.1, -0.05) is 30.3 Å². The second-order valence-corrected chi connectivity index (χ2v) is 6.68. The third-order valence-electron chi connectivity index (χ3n) is 4.91. The summed E-state index contributed by atoms with van der Waals surface area (Å²) in [5.41, 5.74) is 1.44. The molecule has 2 atom stereocenters. The number of aromatic carboxylic acids is 1. The van der Waals surface area contributed by atoms with E-state index in [-0.39, 0.29) is 23.2 Å². The van der Waals surface area contributed by atoms with E-state index < -0.39 is 5.97 Å². The van der Waals surface area contributed by atoms with Gasteiger partial charge in [-0.3, -0.25) is 14.7 Å². The summed E-state index contributed by atoms with van der Waals surface area (Å²) in [7, 11) is 2.11. The summed E-state index contributed by atoms with van der Waals surface area (Å²) in [6.45, 7) is 1.56. The lowest BCUT2D eigenvalue weighted by Crippen LogP contribution is -2.41. The molecule has 1 aromatic heterocycles. The van der Waals surface area contributed by atoms with Crippen LogP contribution in [0.5, 0.6) is 0 Å². The Labute approximate surface area is 152 Å². The quantitative estimate of drug-likeness (QED) is 0.863. The van der Waals surface area contributed by atoms with E-state index in [0.29, 0.717) is 12.5 Å². The van der Waals surface area contributed by atoms with Gasteiger partial charge >= 0.3 is 5.97 Å². The molecule has 1 saturated heterocycles. The smallest absolute Gasteiger partial charge is 0.335 e. The van der Waals surface area contributed by atoms with Crippen LogP contribution in [0.25, 0.3) is 0 Å². The highest BCUT2D eigenvalue weighted by molar-refractivity contribution is 5.95. The van der Waals surface area contributed by atoms with Gasteiger partial charge in [0.05, 0.1) is 5.56 Å². The number of carboxylic acid groups (broad SMARTS) is 1. The van der Waals surface area contributed by atoms with E-state index in [4.69, 9.17) is 5.11 Å². The van der Waals surface area contributed by atoms with E-state index >= 15 is 0 Å². The minimum Gasteiger partial charge on any atom is -0.478 e. The van der Waals surface area contributed by atoms with E-state index in [1.54, 1.807) is 0 Å². The van der Waals surface area contributed by atoms with Crippen molar-refractivity contribution in [3.05, 3.63) is 65.5 Å². The summed E-state index contributed by atoms with van der Waals surface area (Å²) < 4.78 is 0. The predicted octanol–water partition coefficient (Wildman–Crippen LogP) is 2.59. The molecule has 6 nitrogen and oxygen atoms in total. The number of aromatic nitrogens is 1. The summed E-state index contributed by atoms with van der Waals surface area (Å²) >= 11 is 0. The van der Waals surface area contributed by atoms with Gasteiger partial charge in [0.2, 0.25) is 0 Å². The van der Waals surface area contributed by atoms with Crippen LogP contribution in [0.15, 0.2) is 48.7 Å². The van der Waals surface area contributed by atoms with Crippen molar-refractivity contribution < 1.29 is 14.7 Å². The zero-order chi connectivity index (χ0) is 18.5. The van der Waals surface area contributed by atoms with Crippen LogP contribution in [0, 0.1) is 5.92 Å². The number of hydrogen-bond acceptors (Lipinski definition) is 4. The number of pyridine rings is 1. The van der Waals surface area contributed by atoms with E-state index in [1.165, 1.54) is 23.9 Å². The first-order valence-electron chi connectivity index (χ1n) is 8.79. The van der Waals surface area contributed by atoms with Gasteiger partial charge in [-0.2, -0.15) is 0 Å². The molecule has 2 N–H and O–H groups in total. The van der Waals surface area contributed by atoms with E-state index in [2.05, 4.69) is 34.4 Å². The highest BCUT2D eigenvalue weighted by atomic mass is 16.4. The van der Waals surface area contributed by atoms with Gasteiger partial charge in [-0.15, -0.1) is 0 Å². The second kappa shape index (κ2) is 8.10. The monoisotopic (exact) mass is 353 g/mol. The molecule has 1 amide bonds. The topological polar surface area (TPSA) is 82.5 Å². The fourth-order valence-electron chi connectivity index (χ4n) is 3.65. The molecule has 2 aromatic rings. The number of rotatable bonds is 5. The molecule has 1 fully saturated rings. The second-order valence-electron chi connectivity index (χ2n) is 6.68. The first-order chi connectivity index (χ1) is 12.6. The number of nitrogens with one attached hydrogen (secondary N) is 1. The van der Waals surface area contributed by atoms with Gasteiger partial charge in [0.25, 0.3) is 5.91 Å². The first-order valence-corrected chi connectivity index (χ1v) is 8.79. The number of benzene rings is 1. The van der Waals surface area contributed by atoms with Crippen molar-refractivity contribution in [3.8, 4) is 0 Å². The normalized spacial score (nSPS) is 20.5. The number of hydrogen-bond donors (Lipinski definition) is 2. The molecule has 0 unspecified atom stereocenters. The Kier molecular flexibility index (Phi) is 5.63. The van der Waals surface area contributed by atoms with Gasteiger partial charge in [0, 0.05) is 18.8 Å². The molecule has 1 aromatic carbocycles. The summed E-state index contributed by atoms with van der Waals surface area (Å²) in [6.07, 6.45) is 3.47. The van der Waals surface area contributed by atoms with E-state index in [1.807, 2.05) is 18.2 Å². The molecular weight excluding hydrogens is 330 g/mol. The van der Waals surface area contributed by atoms with Crippen LogP contribution in [0.2, 0.25) is 0 Å². The number of carbonyl (C=O) groups excluding carboxylic acids is 1. The molecule has 6 heteroatoms. The Morgan fingerprint density at radius 3 is 2.77 bits per heavy atom. The maximum atomic E-state index is 12.4. The molecule has 136 valence electrons. The largest absolute Gasteiger partial charge is 0.478 e. The van der Waals surface area contributed by atoms with Crippen molar-refractivity contribution in [2.45, 2.75) is 18.9 Å². The highest BCUT2D eigenvalue weighted by Gasteiger charge is 2.30. The number of amides is 1. The van der Waals surface area contributed by atoms with Crippen molar-refractivity contribution in [1.82, 2.24) is 15.2 Å². The summed E-state index contributed by atoms with van der Waals surface area (Å²) in [6, 6.07) is 13.3. The fourth-order valence-corrected chi connectivity index (χ4v) is 3.65. The maximum absolute atomic E-state index is 12.4. The molecule has 0 spiro atoms. The van der Waals surface area contributed by atoms with E-state index in [9.17, 15) is 9.59 Å². The molecule has 1 aliphatic rings. The highest BCUT2D eigenvalue weighted by Crippen LogP contribution is 2.34. The lowest BCUT2D eigenvalue weighted by atomic mass is 9.85. The molecule has 0 bridgehead atoms. The van der Waals surface area contributed by atoms with Crippen molar-refractivity contribution >= 4 is 11.9 Å². The van der Waals surface area contributed by atoms with E-state index in [0.717, 1.165) is 19.4 Å². The van der Waals surface area contributed by atoms with Crippen LogP contribution in [0.3, 0.4) is 0 Å². The number of nitrogens with zero attached hydrogens (tertiary/aromatic N) is 2. The fraction of sp³-hybridized carbons (Fsp3) is 0.350. The van der Waals surface area contributed by atoms with Crippen molar-refractivity contribution in [2.75, 3.05) is 20.1 Å². The third-order valence-corrected chi connectivity index (χ3v) is 4.91.